The molecule has 0 saturated carbocycles. The van der Waals surface area contributed by atoms with Gasteiger partial charge in [-0.05, 0) is 48.0 Å². The molecule has 5 rings (SSSR count). The maximum absolute atomic E-state index is 13.5. The maximum Gasteiger partial charge on any atom is 0.291 e. The van der Waals surface area contributed by atoms with E-state index in [0.717, 1.165) is 0 Å². The molecule has 1 atom stereocenters. The van der Waals surface area contributed by atoms with Crippen molar-refractivity contribution in [1.29, 1.82) is 0 Å². The first-order valence-electron chi connectivity index (χ1n) is 8.88. The van der Waals surface area contributed by atoms with E-state index in [4.69, 9.17) is 20.4 Å². The Morgan fingerprint density at radius 2 is 1.86 bits per heavy atom. The molecule has 0 bridgehead atoms. The van der Waals surface area contributed by atoms with Crippen LogP contribution in [0, 0.1) is 5.82 Å². The molecule has 1 aliphatic heterocycles. The number of carbonyl (C=O) groups excluding carboxylic acids is 1. The number of amides is 1. The van der Waals surface area contributed by atoms with Crippen LogP contribution >= 0.6 is 11.6 Å². The molecule has 0 fully saturated rings. The predicted octanol–water partition coefficient (Wildman–Crippen LogP) is 4.92. The van der Waals surface area contributed by atoms with E-state index < -0.39 is 17.8 Å². The average molecular weight is 410 g/mol. The van der Waals surface area contributed by atoms with Crippen LogP contribution in [0.4, 0.5) is 4.39 Å². The second-order valence-electron chi connectivity index (χ2n) is 6.78. The van der Waals surface area contributed by atoms with Crippen LogP contribution in [0.5, 0.6) is 0 Å². The third-order valence-corrected chi connectivity index (χ3v) is 5.25. The molecular weight excluding hydrogens is 397 g/mol. The van der Waals surface area contributed by atoms with Gasteiger partial charge in [0.1, 0.15) is 17.2 Å². The molecule has 144 valence electrons. The van der Waals surface area contributed by atoms with Gasteiger partial charge < -0.3 is 13.7 Å². The van der Waals surface area contributed by atoms with Crippen LogP contribution in [0.3, 0.4) is 0 Å². The van der Waals surface area contributed by atoms with Crippen molar-refractivity contribution in [3.63, 3.8) is 0 Å². The van der Waals surface area contributed by atoms with Crippen molar-refractivity contribution in [3.05, 3.63) is 105 Å². The molecule has 0 N–H and O–H groups in total. The number of halogens is 2. The lowest BCUT2D eigenvalue weighted by atomic mass is 9.98. The lowest BCUT2D eigenvalue weighted by Crippen LogP contribution is -2.29. The van der Waals surface area contributed by atoms with Crippen LogP contribution < -0.4 is 5.43 Å². The second-order valence-corrected chi connectivity index (χ2v) is 7.22. The fourth-order valence-corrected chi connectivity index (χ4v) is 3.89. The Hall–Kier alpha value is -3.38. The van der Waals surface area contributed by atoms with Crippen LogP contribution in [0.25, 0.3) is 11.0 Å². The number of carbonyl (C=O) groups is 1. The molecule has 7 heteroatoms. The maximum atomic E-state index is 13.5. The van der Waals surface area contributed by atoms with Crippen molar-refractivity contribution in [2.45, 2.75) is 12.6 Å². The van der Waals surface area contributed by atoms with E-state index in [1.807, 2.05) is 0 Å². The molecule has 0 radical (unpaired) electrons. The Morgan fingerprint density at radius 3 is 2.59 bits per heavy atom. The van der Waals surface area contributed by atoms with E-state index >= 15 is 0 Å². The van der Waals surface area contributed by atoms with Gasteiger partial charge in [0.15, 0.2) is 5.43 Å². The molecule has 4 aromatic rings. The first-order chi connectivity index (χ1) is 14.0. The van der Waals surface area contributed by atoms with Crippen LogP contribution in [0.1, 0.15) is 33.5 Å². The summed E-state index contributed by atoms with van der Waals surface area (Å²) < 4.78 is 24.7. The molecule has 0 unspecified atom stereocenters. The minimum absolute atomic E-state index is 0.0225. The highest BCUT2D eigenvalue weighted by Gasteiger charge is 2.43. The Morgan fingerprint density at radius 1 is 1.07 bits per heavy atom. The smallest absolute Gasteiger partial charge is 0.291 e. The van der Waals surface area contributed by atoms with Gasteiger partial charge in [-0.1, -0.05) is 23.7 Å². The molecule has 0 spiro atoms. The lowest BCUT2D eigenvalue weighted by molar-refractivity contribution is 0.0701. The minimum Gasteiger partial charge on any atom is -0.467 e. The van der Waals surface area contributed by atoms with E-state index in [0.29, 0.717) is 16.3 Å². The zero-order valence-corrected chi connectivity index (χ0v) is 15.7. The van der Waals surface area contributed by atoms with Gasteiger partial charge in [-0.2, -0.15) is 0 Å². The van der Waals surface area contributed by atoms with Crippen LogP contribution in [0.15, 0.2) is 74.5 Å². The first kappa shape index (κ1) is 17.7. The molecule has 1 aliphatic rings. The largest absolute Gasteiger partial charge is 0.467 e. The SMILES string of the molecule is O=C1c2oc3ccc(Cl)cc3c(=O)c2[C@@H](c2ccc(F)cc2)N1Cc1ccco1. The summed E-state index contributed by atoms with van der Waals surface area (Å²) in [5, 5.41) is 0.677. The summed E-state index contributed by atoms with van der Waals surface area (Å²) in [4.78, 5) is 28.0. The molecule has 1 amide bonds. The van der Waals surface area contributed by atoms with Crippen molar-refractivity contribution in [3.8, 4) is 0 Å². The van der Waals surface area contributed by atoms with Gasteiger partial charge >= 0.3 is 0 Å². The summed E-state index contributed by atoms with van der Waals surface area (Å²) in [5.41, 5.74) is 0.749. The summed E-state index contributed by atoms with van der Waals surface area (Å²) in [6.07, 6.45) is 1.51. The topological polar surface area (TPSA) is 63.7 Å². The van der Waals surface area contributed by atoms with Crippen LogP contribution in [-0.4, -0.2) is 10.8 Å². The van der Waals surface area contributed by atoms with Crippen molar-refractivity contribution < 1.29 is 18.0 Å². The minimum atomic E-state index is -0.733. The zero-order valence-electron chi connectivity index (χ0n) is 14.9. The molecule has 3 heterocycles. The van der Waals surface area contributed by atoms with Crippen molar-refractivity contribution in [2.75, 3.05) is 0 Å². The highest BCUT2D eigenvalue weighted by Crippen LogP contribution is 2.39. The molecular formula is C22H13ClFNO4. The molecule has 2 aromatic heterocycles. The molecule has 2 aromatic carbocycles. The summed E-state index contributed by atoms with van der Waals surface area (Å²) in [6, 6.07) is 13.1. The highest BCUT2D eigenvalue weighted by molar-refractivity contribution is 6.31. The van der Waals surface area contributed by atoms with Crippen molar-refractivity contribution >= 4 is 28.5 Å². The van der Waals surface area contributed by atoms with E-state index in [-0.39, 0.29) is 34.3 Å². The summed E-state index contributed by atoms with van der Waals surface area (Å²) in [6.45, 7) is 0.134. The predicted molar refractivity (Wildman–Crippen MR) is 104 cm³/mol. The van der Waals surface area contributed by atoms with Gasteiger partial charge in [0.25, 0.3) is 5.91 Å². The number of hydrogen-bond donors (Lipinski definition) is 0. The number of fused-ring (bicyclic) bond motifs is 2. The third kappa shape index (κ3) is 2.84. The number of rotatable bonds is 3. The highest BCUT2D eigenvalue weighted by atomic mass is 35.5. The fraction of sp³-hybridized carbons (Fsp3) is 0.0909. The van der Waals surface area contributed by atoms with Crippen molar-refractivity contribution in [1.82, 2.24) is 4.90 Å². The van der Waals surface area contributed by atoms with Gasteiger partial charge in [-0.3, -0.25) is 9.59 Å². The summed E-state index contributed by atoms with van der Waals surface area (Å²) >= 11 is 6.05. The Labute approximate surface area is 168 Å². The molecule has 29 heavy (non-hydrogen) atoms. The van der Waals surface area contributed by atoms with Gasteiger partial charge in [-0.25, -0.2) is 4.39 Å². The number of nitrogens with zero attached hydrogens (tertiary/aromatic N) is 1. The number of hydrogen-bond acceptors (Lipinski definition) is 4. The van der Waals surface area contributed by atoms with E-state index in [2.05, 4.69) is 0 Å². The zero-order chi connectivity index (χ0) is 20.1. The van der Waals surface area contributed by atoms with Crippen LogP contribution in [-0.2, 0) is 6.54 Å². The average Bonchev–Trinajstić information content (AvgIpc) is 3.32. The Bertz CT molecular complexity index is 1300. The standard InChI is InChI=1S/C22H13ClFNO4/c23-13-5-8-17-16(10-13)20(26)18-19(12-3-6-14(24)7-4-12)25(22(27)21(18)29-17)11-15-2-1-9-28-15/h1-10,19H,11H2/t19-/m1/s1. The lowest BCUT2D eigenvalue weighted by Gasteiger charge is -2.24. The molecule has 5 nitrogen and oxygen atoms in total. The van der Waals surface area contributed by atoms with Gasteiger partial charge in [0, 0.05) is 5.02 Å². The molecule has 0 saturated heterocycles. The summed E-state index contributed by atoms with van der Waals surface area (Å²) in [7, 11) is 0. The van der Waals surface area contributed by atoms with Gasteiger partial charge in [0.05, 0.1) is 29.8 Å². The van der Waals surface area contributed by atoms with E-state index in [1.54, 1.807) is 36.4 Å². The van der Waals surface area contributed by atoms with E-state index in [1.165, 1.54) is 29.4 Å². The monoisotopic (exact) mass is 409 g/mol. The third-order valence-electron chi connectivity index (χ3n) is 5.02. The number of furan rings is 1. The van der Waals surface area contributed by atoms with Crippen molar-refractivity contribution in [2.24, 2.45) is 0 Å². The van der Waals surface area contributed by atoms with Crippen LogP contribution in [0.2, 0.25) is 5.02 Å². The second kappa shape index (κ2) is 6.60. The van der Waals surface area contributed by atoms with Gasteiger partial charge in [-0.15, -0.1) is 0 Å². The van der Waals surface area contributed by atoms with Gasteiger partial charge in [0.2, 0.25) is 5.76 Å². The summed E-state index contributed by atoms with van der Waals surface area (Å²) in [5.74, 6) is -0.308. The first-order valence-corrected chi connectivity index (χ1v) is 9.26. The normalized spacial score (nSPS) is 15.9. The quantitative estimate of drug-likeness (QED) is 0.481. The Balaban J connectivity index is 1.75. The Kier molecular flexibility index (Phi) is 4.03. The van der Waals surface area contributed by atoms with E-state index in [9.17, 15) is 14.0 Å². The number of benzene rings is 2. The fourth-order valence-electron chi connectivity index (χ4n) is 3.72. The molecule has 0 aliphatic carbocycles.